The maximum absolute atomic E-state index is 8.65. The van der Waals surface area contributed by atoms with Crippen LogP contribution in [0.2, 0.25) is 5.02 Å². The molecule has 3 nitrogen and oxygen atoms in total. The van der Waals surface area contributed by atoms with Crippen LogP contribution in [0.15, 0.2) is 10.5 Å². The monoisotopic (exact) mass is 210 g/mol. The van der Waals surface area contributed by atoms with E-state index in [0.717, 1.165) is 13.1 Å². The molecule has 1 aromatic rings. The maximum atomic E-state index is 8.65. The van der Waals surface area contributed by atoms with Crippen molar-refractivity contribution in [3.63, 3.8) is 0 Å². The molecule has 1 aromatic heterocycles. The number of nitriles is 1. The number of rotatable bonds is 1. The third-order valence-corrected chi connectivity index (χ3v) is 2.69. The predicted octanol–water partition coefficient (Wildman–Crippen LogP) is 2.79. The van der Waals surface area contributed by atoms with Crippen LogP contribution in [0.4, 0.5) is 5.88 Å². The van der Waals surface area contributed by atoms with Crippen molar-refractivity contribution in [1.29, 1.82) is 5.26 Å². The molecule has 0 saturated carbocycles. The topological polar surface area (TPSA) is 40.2 Å². The Hall–Kier alpha value is -1.14. The van der Waals surface area contributed by atoms with Gasteiger partial charge in [-0.25, -0.2) is 0 Å². The van der Waals surface area contributed by atoms with Crippen molar-refractivity contribution in [2.24, 2.45) is 0 Å². The van der Waals surface area contributed by atoms with Crippen LogP contribution >= 0.6 is 11.6 Å². The zero-order valence-corrected chi connectivity index (χ0v) is 8.55. The fourth-order valence-corrected chi connectivity index (χ4v) is 1.98. The first-order valence-corrected chi connectivity index (χ1v) is 5.13. The number of piperidine rings is 1. The summed E-state index contributed by atoms with van der Waals surface area (Å²) >= 11 is 5.97. The number of nitrogens with zero attached hydrogens (tertiary/aromatic N) is 2. The molecule has 0 amide bonds. The van der Waals surface area contributed by atoms with Gasteiger partial charge in [-0.1, -0.05) is 11.6 Å². The summed E-state index contributed by atoms with van der Waals surface area (Å²) < 4.78 is 5.34. The van der Waals surface area contributed by atoms with Gasteiger partial charge in [0.2, 0.25) is 11.6 Å². The minimum atomic E-state index is 0.288. The molecule has 0 atom stereocenters. The number of hydrogen-bond donors (Lipinski definition) is 0. The average molecular weight is 211 g/mol. The Morgan fingerprint density at radius 2 is 2.07 bits per heavy atom. The van der Waals surface area contributed by atoms with Gasteiger partial charge in [0.15, 0.2) is 0 Å². The summed E-state index contributed by atoms with van der Waals surface area (Å²) in [5.41, 5.74) is 0. The number of halogens is 1. The van der Waals surface area contributed by atoms with Crippen molar-refractivity contribution >= 4 is 17.5 Å². The molecule has 2 heterocycles. The Bertz CT molecular complexity index is 361. The molecule has 1 aliphatic rings. The second-order valence-corrected chi connectivity index (χ2v) is 3.83. The number of hydrogen-bond acceptors (Lipinski definition) is 3. The Kier molecular flexibility index (Phi) is 2.64. The molecular formula is C10H11ClN2O. The molecule has 0 radical (unpaired) electrons. The van der Waals surface area contributed by atoms with Crippen molar-refractivity contribution in [1.82, 2.24) is 0 Å². The molecule has 1 fully saturated rings. The van der Waals surface area contributed by atoms with E-state index in [4.69, 9.17) is 21.3 Å². The van der Waals surface area contributed by atoms with Crippen LogP contribution in [0.3, 0.4) is 0 Å². The van der Waals surface area contributed by atoms with Crippen LogP contribution in [0.25, 0.3) is 0 Å². The highest BCUT2D eigenvalue weighted by Crippen LogP contribution is 2.31. The van der Waals surface area contributed by atoms with Gasteiger partial charge in [-0.3, -0.25) is 0 Å². The lowest BCUT2D eigenvalue weighted by Crippen LogP contribution is -2.29. The van der Waals surface area contributed by atoms with E-state index in [1.165, 1.54) is 19.3 Å². The molecule has 74 valence electrons. The summed E-state index contributed by atoms with van der Waals surface area (Å²) in [5, 5.41) is 9.20. The largest absolute Gasteiger partial charge is 0.428 e. The number of anilines is 1. The first-order valence-electron chi connectivity index (χ1n) is 4.75. The minimum Gasteiger partial charge on any atom is -0.428 e. The normalized spacial score (nSPS) is 16.7. The van der Waals surface area contributed by atoms with Crippen LogP contribution in [-0.2, 0) is 0 Å². The van der Waals surface area contributed by atoms with E-state index in [2.05, 4.69) is 4.90 Å². The van der Waals surface area contributed by atoms with Crippen LogP contribution in [0, 0.1) is 11.3 Å². The van der Waals surface area contributed by atoms with Gasteiger partial charge in [0, 0.05) is 19.2 Å². The highest BCUT2D eigenvalue weighted by atomic mass is 35.5. The third kappa shape index (κ3) is 1.71. The average Bonchev–Trinajstić information content (AvgIpc) is 2.61. The van der Waals surface area contributed by atoms with Gasteiger partial charge in [0.1, 0.15) is 11.1 Å². The van der Waals surface area contributed by atoms with Crippen molar-refractivity contribution in [3.05, 3.63) is 16.8 Å². The van der Waals surface area contributed by atoms with Crippen molar-refractivity contribution in [2.45, 2.75) is 19.3 Å². The van der Waals surface area contributed by atoms with E-state index >= 15 is 0 Å². The van der Waals surface area contributed by atoms with Gasteiger partial charge in [-0.05, 0) is 19.3 Å². The lowest BCUT2D eigenvalue weighted by molar-refractivity contribution is 0.494. The van der Waals surface area contributed by atoms with Crippen molar-refractivity contribution in [3.8, 4) is 6.07 Å². The molecule has 0 aromatic carbocycles. The summed E-state index contributed by atoms with van der Waals surface area (Å²) in [4.78, 5) is 2.10. The van der Waals surface area contributed by atoms with Crippen LogP contribution in [-0.4, -0.2) is 13.1 Å². The standard InChI is InChI=1S/C10H11ClN2O/c11-9-6-8(7-12)14-10(9)13-4-2-1-3-5-13/h6H,1-5H2. The van der Waals surface area contributed by atoms with Gasteiger partial charge in [-0.15, -0.1) is 0 Å². The van der Waals surface area contributed by atoms with Crippen molar-refractivity contribution in [2.75, 3.05) is 18.0 Å². The second-order valence-electron chi connectivity index (χ2n) is 3.42. The Labute approximate surface area is 87.9 Å². The summed E-state index contributed by atoms with van der Waals surface area (Å²) in [6.45, 7) is 1.94. The number of furan rings is 1. The van der Waals surface area contributed by atoms with Gasteiger partial charge in [0.05, 0.1) is 0 Å². The fraction of sp³-hybridized carbons (Fsp3) is 0.500. The first-order chi connectivity index (χ1) is 6.81. The maximum Gasteiger partial charge on any atom is 0.216 e. The van der Waals surface area contributed by atoms with Crippen LogP contribution in [0.1, 0.15) is 25.0 Å². The van der Waals surface area contributed by atoms with E-state index in [-0.39, 0.29) is 5.76 Å². The lowest BCUT2D eigenvalue weighted by Gasteiger charge is -2.26. The molecule has 14 heavy (non-hydrogen) atoms. The Morgan fingerprint density at radius 1 is 1.36 bits per heavy atom. The zero-order valence-electron chi connectivity index (χ0n) is 7.79. The predicted molar refractivity (Wildman–Crippen MR) is 54.5 cm³/mol. The highest BCUT2D eigenvalue weighted by molar-refractivity contribution is 6.33. The van der Waals surface area contributed by atoms with Gasteiger partial charge in [-0.2, -0.15) is 5.26 Å². The molecule has 0 unspecified atom stereocenters. The lowest BCUT2D eigenvalue weighted by atomic mass is 10.1. The van der Waals surface area contributed by atoms with E-state index in [0.29, 0.717) is 10.9 Å². The summed E-state index contributed by atoms with van der Waals surface area (Å²) in [7, 11) is 0. The van der Waals surface area contributed by atoms with Gasteiger partial charge in [0.25, 0.3) is 0 Å². The molecule has 0 aliphatic carbocycles. The van der Waals surface area contributed by atoms with E-state index in [1.807, 2.05) is 6.07 Å². The molecule has 0 bridgehead atoms. The van der Waals surface area contributed by atoms with E-state index in [1.54, 1.807) is 6.07 Å². The van der Waals surface area contributed by atoms with Crippen molar-refractivity contribution < 1.29 is 4.42 Å². The molecule has 1 aliphatic heterocycles. The zero-order chi connectivity index (χ0) is 9.97. The second kappa shape index (κ2) is 3.93. The first kappa shape index (κ1) is 9.42. The third-order valence-electron chi connectivity index (χ3n) is 2.42. The van der Waals surface area contributed by atoms with Crippen LogP contribution in [0.5, 0.6) is 0 Å². The highest BCUT2D eigenvalue weighted by Gasteiger charge is 2.18. The minimum absolute atomic E-state index is 0.288. The Balaban J connectivity index is 2.22. The van der Waals surface area contributed by atoms with Crippen LogP contribution < -0.4 is 4.90 Å². The summed E-state index contributed by atoms with van der Waals surface area (Å²) in [6, 6.07) is 3.52. The smallest absolute Gasteiger partial charge is 0.216 e. The molecule has 4 heteroatoms. The molecule has 0 N–H and O–H groups in total. The van der Waals surface area contributed by atoms with Gasteiger partial charge >= 0.3 is 0 Å². The van der Waals surface area contributed by atoms with E-state index < -0.39 is 0 Å². The van der Waals surface area contributed by atoms with E-state index in [9.17, 15) is 0 Å². The molecular weight excluding hydrogens is 200 g/mol. The summed E-state index contributed by atoms with van der Waals surface area (Å²) in [6.07, 6.45) is 3.60. The molecule has 2 rings (SSSR count). The summed E-state index contributed by atoms with van der Waals surface area (Å²) in [5.74, 6) is 0.943. The molecule has 0 spiro atoms. The van der Waals surface area contributed by atoms with Gasteiger partial charge < -0.3 is 9.32 Å². The quantitative estimate of drug-likeness (QED) is 0.716. The SMILES string of the molecule is N#Cc1cc(Cl)c(N2CCCCC2)o1. The molecule has 1 saturated heterocycles. The Morgan fingerprint density at radius 3 is 2.64 bits per heavy atom. The fourth-order valence-electron chi connectivity index (χ4n) is 1.73.